The normalized spacial score (nSPS) is 21.4. The fourth-order valence-corrected chi connectivity index (χ4v) is 3.12. The van der Waals surface area contributed by atoms with Crippen molar-refractivity contribution in [3.63, 3.8) is 0 Å². The summed E-state index contributed by atoms with van der Waals surface area (Å²) in [6.45, 7) is 5.44. The first-order chi connectivity index (χ1) is 11.1. The predicted molar refractivity (Wildman–Crippen MR) is 89.0 cm³/mol. The van der Waals surface area contributed by atoms with Gasteiger partial charge in [0.15, 0.2) is 0 Å². The maximum Gasteiger partial charge on any atom is 0.292 e. The number of rotatable bonds is 3. The quantitative estimate of drug-likeness (QED) is 0.945. The Hall–Kier alpha value is -2.14. The molecule has 0 bridgehead atoms. The van der Waals surface area contributed by atoms with Crippen molar-refractivity contribution in [2.45, 2.75) is 32.7 Å². The fourth-order valence-electron chi connectivity index (χ4n) is 3.12. The van der Waals surface area contributed by atoms with Gasteiger partial charge in [-0.2, -0.15) is 0 Å². The van der Waals surface area contributed by atoms with Gasteiger partial charge in [0.25, 0.3) is 5.91 Å². The van der Waals surface area contributed by atoms with Gasteiger partial charge in [-0.1, -0.05) is 41.9 Å². The van der Waals surface area contributed by atoms with Gasteiger partial charge in [-0.05, 0) is 25.7 Å². The zero-order valence-electron chi connectivity index (χ0n) is 13.7. The molecule has 122 valence electrons. The molecule has 1 saturated heterocycles. The maximum absolute atomic E-state index is 12.7. The summed E-state index contributed by atoms with van der Waals surface area (Å²) >= 11 is 0. The standard InChI is InChI=1S/C18H23N3O2/c1-12-3-5-14(6-4-12)16-10-17(23-20-16)18(22)21-8-7-13(2)9-15(21)11-19/h3-6,10,13,15H,7-9,11,19H2,1-2H3. The van der Waals surface area contributed by atoms with E-state index in [1.54, 1.807) is 6.07 Å². The minimum Gasteiger partial charge on any atom is -0.350 e. The second-order valence-corrected chi connectivity index (χ2v) is 6.46. The number of benzene rings is 1. The van der Waals surface area contributed by atoms with Crippen molar-refractivity contribution in [3.8, 4) is 11.3 Å². The second kappa shape index (κ2) is 6.54. The van der Waals surface area contributed by atoms with Gasteiger partial charge >= 0.3 is 0 Å². The number of amides is 1. The Labute approximate surface area is 136 Å². The van der Waals surface area contributed by atoms with Crippen molar-refractivity contribution in [2.75, 3.05) is 13.1 Å². The van der Waals surface area contributed by atoms with E-state index in [4.69, 9.17) is 10.3 Å². The molecule has 0 aliphatic carbocycles. The third kappa shape index (κ3) is 3.29. The van der Waals surface area contributed by atoms with Crippen molar-refractivity contribution >= 4 is 5.91 Å². The van der Waals surface area contributed by atoms with E-state index in [0.717, 1.165) is 24.9 Å². The van der Waals surface area contributed by atoms with E-state index in [1.165, 1.54) is 5.56 Å². The number of carbonyl (C=O) groups is 1. The molecule has 3 rings (SSSR count). The summed E-state index contributed by atoms with van der Waals surface area (Å²) in [6.07, 6.45) is 1.95. The number of carbonyl (C=O) groups excluding carboxylic acids is 1. The molecule has 0 spiro atoms. The Kier molecular flexibility index (Phi) is 4.48. The van der Waals surface area contributed by atoms with E-state index in [-0.39, 0.29) is 17.7 Å². The molecule has 2 heterocycles. The first kappa shape index (κ1) is 15.7. The predicted octanol–water partition coefficient (Wildman–Crippen LogP) is 2.85. The van der Waals surface area contributed by atoms with Gasteiger partial charge < -0.3 is 15.2 Å². The molecule has 0 saturated carbocycles. The summed E-state index contributed by atoms with van der Waals surface area (Å²) in [5.74, 6) is 0.775. The maximum atomic E-state index is 12.7. The van der Waals surface area contributed by atoms with Gasteiger partial charge in [0.2, 0.25) is 5.76 Å². The Balaban J connectivity index is 1.79. The van der Waals surface area contributed by atoms with E-state index in [0.29, 0.717) is 18.2 Å². The van der Waals surface area contributed by atoms with Crippen LogP contribution in [-0.4, -0.2) is 35.1 Å². The summed E-state index contributed by atoms with van der Waals surface area (Å²) in [4.78, 5) is 14.5. The lowest BCUT2D eigenvalue weighted by molar-refractivity contribution is 0.0532. The molecule has 1 amide bonds. The number of nitrogens with two attached hydrogens (primary N) is 1. The Morgan fingerprint density at radius 1 is 1.39 bits per heavy atom. The number of likely N-dealkylation sites (tertiary alicyclic amines) is 1. The van der Waals surface area contributed by atoms with Crippen LogP contribution in [0.4, 0.5) is 0 Å². The Morgan fingerprint density at radius 3 is 2.83 bits per heavy atom. The summed E-state index contributed by atoms with van der Waals surface area (Å²) in [5, 5.41) is 4.04. The van der Waals surface area contributed by atoms with Crippen LogP contribution in [0.3, 0.4) is 0 Å². The van der Waals surface area contributed by atoms with E-state index in [2.05, 4.69) is 12.1 Å². The van der Waals surface area contributed by atoms with E-state index < -0.39 is 0 Å². The van der Waals surface area contributed by atoms with Crippen LogP contribution in [0.2, 0.25) is 0 Å². The Bertz CT molecular complexity index is 678. The minimum atomic E-state index is -0.113. The largest absolute Gasteiger partial charge is 0.350 e. The molecule has 1 aliphatic heterocycles. The monoisotopic (exact) mass is 313 g/mol. The van der Waals surface area contributed by atoms with E-state index >= 15 is 0 Å². The second-order valence-electron chi connectivity index (χ2n) is 6.46. The molecular weight excluding hydrogens is 290 g/mol. The van der Waals surface area contributed by atoms with Gasteiger partial charge in [0, 0.05) is 30.8 Å². The van der Waals surface area contributed by atoms with E-state index in [9.17, 15) is 4.79 Å². The van der Waals surface area contributed by atoms with Crippen molar-refractivity contribution < 1.29 is 9.32 Å². The number of piperidine rings is 1. The van der Waals surface area contributed by atoms with Crippen LogP contribution in [0.15, 0.2) is 34.9 Å². The SMILES string of the molecule is Cc1ccc(-c2cc(C(=O)N3CCC(C)CC3CN)on2)cc1. The number of nitrogens with zero attached hydrogens (tertiary/aromatic N) is 2. The molecular formula is C18H23N3O2. The smallest absolute Gasteiger partial charge is 0.292 e. The molecule has 2 N–H and O–H groups in total. The molecule has 1 aromatic carbocycles. The van der Waals surface area contributed by atoms with Gasteiger partial charge in [-0.15, -0.1) is 0 Å². The van der Waals surface area contributed by atoms with E-state index in [1.807, 2.05) is 36.1 Å². The highest BCUT2D eigenvalue weighted by Crippen LogP contribution is 2.25. The highest BCUT2D eigenvalue weighted by atomic mass is 16.5. The first-order valence-corrected chi connectivity index (χ1v) is 8.13. The summed E-state index contributed by atoms with van der Waals surface area (Å²) in [5.41, 5.74) is 8.65. The minimum absolute atomic E-state index is 0.0826. The highest BCUT2D eigenvalue weighted by molar-refractivity contribution is 5.92. The molecule has 5 nitrogen and oxygen atoms in total. The average Bonchev–Trinajstić information content (AvgIpc) is 3.04. The average molecular weight is 313 g/mol. The summed E-state index contributed by atoms with van der Waals surface area (Å²) in [7, 11) is 0. The summed E-state index contributed by atoms with van der Waals surface area (Å²) < 4.78 is 5.30. The molecule has 5 heteroatoms. The molecule has 0 radical (unpaired) electrons. The number of hydrogen-bond donors (Lipinski definition) is 1. The summed E-state index contributed by atoms with van der Waals surface area (Å²) in [6, 6.07) is 9.79. The lowest BCUT2D eigenvalue weighted by Gasteiger charge is -2.37. The zero-order valence-corrected chi connectivity index (χ0v) is 13.7. The van der Waals surface area contributed by atoms with Crippen molar-refractivity contribution in [1.29, 1.82) is 0 Å². The van der Waals surface area contributed by atoms with Crippen LogP contribution in [-0.2, 0) is 0 Å². The lowest BCUT2D eigenvalue weighted by Crippen LogP contribution is -2.49. The van der Waals surface area contributed by atoms with Crippen LogP contribution in [0.25, 0.3) is 11.3 Å². The highest BCUT2D eigenvalue weighted by Gasteiger charge is 2.31. The molecule has 23 heavy (non-hydrogen) atoms. The van der Waals surface area contributed by atoms with Crippen LogP contribution < -0.4 is 5.73 Å². The van der Waals surface area contributed by atoms with Crippen LogP contribution >= 0.6 is 0 Å². The third-order valence-corrected chi connectivity index (χ3v) is 4.58. The molecule has 2 aromatic rings. The first-order valence-electron chi connectivity index (χ1n) is 8.13. The number of aryl methyl sites for hydroxylation is 1. The molecule has 2 unspecified atom stereocenters. The number of hydrogen-bond acceptors (Lipinski definition) is 4. The van der Waals surface area contributed by atoms with Crippen LogP contribution in [0.5, 0.6) is 0 Å². The van der Waals surface area contributed by atoms with Crippen LogP contribution in [0.1, 0.15) is 35.9 Å². The molecule has 1 aromatic heterocycles. The van der Waals surface area contributed by atoms with Crippen molar-refractivity contribution in [3.05, 3.63) is 41.7 Å². The third-order valence-electron chi connectivity index (χ3n) is 4.58. The fraction of sp³-hybridized carbons (Fsp3) is 0.444. The van der Waals surface area contributed by atoms with Crippen molar-refractivity contribution in [1.82, 2.24) is 10.1 Å². The van der Waals surface area contributed by atoms with Gasteiger partial charge in [0.05, 0.1) is 0 Å². The molecule has 2 atom stereocenters. The van der Waals surface area contributed by atoms with Crippen molar-refractivity contribution in [2.24, 2.45) is 11.7 Å². The lowest BCUT2D eigenvalue weighted by atomic mass is 9.92. The zero-order chi connectivity index (χ0) is 16.4. The number of aromatic nitrogens is 1. The van der Waals surface area contributed by atoms with Gasteiger partial charge in [-0.3, -0.25) is 4.79 Å². The van der Waals surface area contributed by atoms with Crippen LogP contribution in [0, 0.1) is 12.8 Å². The molecule has 1 fully saturated rings. The van der Waals surface area contributed by atoms with Gasteiger partial charge in [0.1, 0.15) is 5.69 Å². The van der Waals surface area contributed by atoms with Gasteiger partial charge in [-0.25, -0.2) is 0 Å². The molecule has 1 aliphatic rings. The topological polar surface area (TPSA) is 72.4 Å². The Morgan fingerprint density at radius 2 is 2.13 bits per heavy atom.